The molecule has 0 fully saturated rings. The van der Waals surface area contributed by atoms with Crippen molar-refractivity contribution in [3.63, 3.8) is 0 Å². The summed E-state index contributed by atoms with van der Waals surface area (Å²) >= 11 is 0. The number of amides is 2. The van der Waals surface area contributed by atoms with Crippen LogP contribution in [0.2, 0.25) is 0 Å². The number of para-hydroxylation sites is 1. The van der Waals surface area contributed by atoms with Gasteiger partial charge in [-0.1, -0.05) is 44.2 Å². The molecule has 2 aromatic carbocycles. The number of benzene rings is 2. The maximum atomic E-state index is 13.1. The first-order valence-corrected chi connectivity index (χ1v) is 10.4. The van der Waals surface area contributed by atoms with Crippen LogP contribution in [0.1, 0.15) is 37.8 Å². The fourth-order valence-electron chi connectivity index (χ4n) is 3.15. The van der Waals surface area contributed by atoms with E-state index in [1.165, 1.54) is 0 Å². The van der Waals surface area contributed by atoms with Crippen molar-refractivity contribution in [1.82, 2.24) is 10.2 Å². The van der Waals surface area contributed by atoms with Crippen LogP contribution in [0, 0.1) is 6.92 Å². The van der Waals surface area contributed by atoms with Gasteiger partial charge in [-0.2, -0.15) is 0 Å². The highest BCUT2D eigenvalue weighted by molar-refractivity contribution is 5.88. The minimum Gasteiger partial charge on any atom is -0.497 e. The summed E-state index contributed by atoms with van der Waals surface area (Å²) in [5.41, 5.74) is 1.88. The predicted octanol–water partition coefficient (Wildman–Crippen LogP) is 3.72. The van der Waals surface area contributed by atoms with Gasteiger partial charge in [0, 0.05) is 13.1 Å². The van der Waals surface area contributed by atoms with E-state index in [1.54, 1.807) is 12.0 Å². The van der Waals surface area contributed by atoms with E-state index in [2.05, 4.69) is 5.32 Å². The van der Waals surface area contributed by atoms with Gasteiger partial charge in [0.05, 0.1) is 7.11 Å². The summed E-state index contributed by atoms with van der Waals surface area (Å²) < 4.78 is 11.0. The molecule has 30 heavy (non-hydrogen) atoms. The van der Waals surface area contributed by atoms with Crippen molar-refractivity contribution in [1.29, 1.82) is 0 Å². The Morgan fingerprint density at radius 1 is 1.07 bits per heavy atom. The molecule has 0 saturated heterocycles. The molecular formula is C24H32N2O4. The molecular weight excluding hydrogens is 380 g/mol. The molecule has 0 heterocycles. The van der Waals surface area contributed by atoms with Gasteiger partial charge in [0.25, 0.3) is 5.91 Å². The second-order valence-corrected chi connectivity index (χ2v) is 7.14. The van der Waals surface area contributed by atoms with Crippen molar-refractivity contribution in [2.75, 3.05) is 20.3 Å². The summed E-state index contributed by atoms with van der Waals surface area (Å²) in [5, 5.41) is 2.91. The van der Waals surface area contributed by atoms with Gasteiger partial charge < -0.3 is 19.7 Å². The van der Waals surface area contributed by atoms with Crippen molar-refractivity contribution in [2.24, 2.45) is 0 Å². The quantitative estimate of drug-likeness (QED) is 0.611. The second-order valence-electron chi connectivity index (χ2n) is 7.14. The SMILES string of the molecule is CCCNC(=O)[C@H](CC)N(Cc1ccc(OC)cc1)C(=O)COc1ccccc1C. The third-order valence-corrected chi connectivity index (χ3v) is 4.89. The molecule has 1 atom stereocenters. The summed E-state index contributed by atoms with van der Waals surface area (Å²) in [5.74, 6) is 1.04. The third-order valence-electron chi connectivity index (χ3n) is 4.89. The highest BCUT2D eigenvalue weighted by Crippen LogP contribution is 2.19. The van der Waals surface area contributed by atoms with Gasteiger partial charge >= 0.3 is 0 Å². The van der Waals surface area contributed by atoms with Crippen LogP contribution < -0.4 is 14.8 Å². The van der Waals surface area contributed by atoms with E-state index in [4.69, 9.17) is 9.47 Å². The first-order chi connectivity index (χ1) is 14.5. The third kappa shape index (κ3) is 6.51. The maximum Gasteiger partial charge on any atom is 0.261 e. The summed E-state index contributed by atoms with van der Waals surface area (Å²) in [6.07, 6.45) is 1.35. The zero-order chi connectivity index (χ0) is 21.9. The number of nitrogens with zero attached hydrogens (tertiary/aromatic N) is 1. The zero-order valence-corrected chi connectivity index (χ0v) is 18.3. The maximum absolute atomic E-state index is 13.1. The molecule has 6 heteroatoms. The van der Waals surface area contributed by atoms with E-state index in [1.807, 2.05) is 69.3 Å². The molecule has 0 aliphatic carbocycles. The van der Waals surface area contributed by atoms with Crippen LogP contribution in [-0.2, 0) is 16.1 Å². The fourth-order valence-corrected chi connectivity index (χ4v) is 3.15. The lowest BCUT2D eigenvalue weighted by Gasteiger charge is -2.30. The fraction of sp³-hybridized carbons (Fsp3) is 0.417. The van der Waals surface area contributed by atoms with Gasteiger partial charge in [-0.15, -0.1) is 0 Å². The van der Waals surface area contributed by atoms with Gasteiger partial charge in [0.15, 0.2) is 6.61 Å². The predicted molar refractivity (Wildman–Crippen MR) is 118 cm³/mol. The first-order valence-electron chi connectivity index (χ1n) is 10.4. The molecule has 2 aromatic rings. The van der Waals surface area contributed by atoms with Crippen molar-refractivity contribution < 1.29 is 19.1 Å². The number of hydrogen-bond acceptors (Lipinski definition) is 4. The Kier molecular flexibility index (Phi) is 9.19. The number of carbonyl (C=O) groups excluding carboxylic acids is 2. The number of ether oxygens (including phenoxy) is 2. The van der Waals surface area contributed by atoms with Crippen molar-refractivity contribution >= 4 is 11.8 Å². The van der Waals surface area contributed by atoms with Crippen LogP contribution in [0.15, 0.2) is 48.5 Å². The lowest BCUT2D eigenvalue weighted by Crippen LogP contribution is -2.50. The Hall–Kier alpha value is -3.02. The van der Waals surface area contributed by atoms with Gasteiger partial charge in [0.2, 0.25) is 5.91 Å². The smallest absolute Gasteiger partial charge is 0.261 e. The molecule has 0 bridgehead atoms. The van der Waals surface area contributed by atoms with Crippen molar-refractivity contribution in [3.05, 3.63) is 59.7 Å². The molecule has 0 radical (unpaired) electrons. The molecule has 0 aliphatic rings. The number of carbonyl (C=O) groups is 2. The lowest BCUT2D eigenvalue weighted by atomic mass is 10.1. The van der Waals surface area contributed by atoms with Crippen LogP contribution in [0.3, 0.4) is 0 Å². The van der Waals surface area contributed by atoms with E-state index in [9.17, 15) is 9.59 Å². The van der Waals surface area contributed by atoms with Crippen molar-refractivity contribution in [2.45, 2.75) is 46.2 Å². The van der Waals surface area contributed by atoms with E-state index in [0.29, 0.717) is 25.3 Å². The largest absolute Gasteiger partial charge is 0.497 e. The summed E-state index contributed by atoms with van der Waals surface area (Å²) in [6, 6.07) is 14.5. The highest BCUT2D eigenvalue weighted by Gasteiger charge is 2.28. The minimum absolute atomic E-state index is 0.126. The molecule has 2 amide bonds. The number of methoxy groups -OCH3 is 1. The second kappa shape index (κ2) is 11.9. The topological polar surface area (TPSA) is 67.9 Å². The molecule has 0 spiro atoms. The Labute approximate surface area is 179 Å². The van der Waals surface area contributed by atoms with E-state index >= 15 is 0 Å². The van der Waals surface area contributed by atoms with Gasteiger partial charge in [-0.3, -0.25) is 9.59 Å². The summed E-state index contributed by atoms with van der Waals surface area (Å²) in [6.45, 7) is 6.61. The molecule has 0 aliphatic heterocycles. The average molecular weight is 413 g/mol. The number of hydrogen-bond donors (Lipinski definition) is 1. The zero-order valence-electron chi connectivity index (χ0n) is 18.3. The van der Waals surface area contributed by atoms with Gasteiger partial charge in [-0.05, 0) is 49.1 Å². The van der Waals surface area contributed by atoms with Gasteiger partial charge in [-0.25, -0.2) is 0 Å². The number of aryl methyl sites for hydroxylation is 1. The Balaban J connectivity index is 2.20. The van der Waals surface area contributed by atoms with E-state index < -0.39 is 6.04 Å². The molecule has 0 unspecified atom stereocenters. The van der Waals surface area contributed by atoms with Crippen LogP contribution in [0.4, 0.5) is 0 Å². The van der Waals surface area contributed by atoms with Crippen LogP contribution in [0.5, 0.6) is 11.5 Å². The average Bonchev–Trinajstić information content (AvgIpc) is 2.77. The Morgan fingerprint density at radius 2 is 1.77 bits per heavy atom. The van der Waals surface area contributed by atoms with Gasteiger partial charge in [0.1, 0.15) is 17.5 Å². The van der Waals surface area contributed by atoms with Crippen LogP contribution in [-0.4, -0.2) is 43.0 Å². The molecule has 1 N–H and O–H groups in total. The molecule has 6 nitrogen and oxygen atoms in total. The number of nitrogens with one attached hydrogen (secondary N) is 1. The lowest BCUT2D eigenvalue weighted by molar-refractivity contribution is -0.143. The monoisotopic (exact) mass is 412 g/mol. The molecule has 0 saturated carbocycles. The van der Waals surface area contributed by atoms with E-state index in [-0.39, 0.29) is 18.4 Å². The van der Waals surface area contributed by atoms with Crippen molar-refractivity contribution in [3.8, 4) is 11.5 Å². The molecule has 2 rings (SSSR count). The van der Waals surface area contributed by atoms with Crippen LogP contribution in [0.25, 0.3) is 0 Å². The van der Waals surface area contributed by atoms with Crippen LogP contribution >= 0.6 is 0 Å². The molecule has 162 valence electrons. The highest BCUT2D eigenvalue weighted by atomic mass is 16.5. The summed E-state index contributed by atoms with van der Waals surface area (Å²) in [4.78, 5) is 27.5. The standard InChI is InChI=1S/C24H32N2O4/c1-5-15-25-24(28)21(6-2)26(16-19-11-13-20(29-4)14-12-19)23(27)17-30-22-10-8-7-9-18(22)3/h7-14,21H,5-6,15-17H2,1-4H3,(H,25,28)/t21-/m0/s1. The Bertz CT molecular complexity index is 820. The minimum atomic E-state index is -0.563. The normalized spacial score (nSPS) is 11.5. The number of rotatable bonds is 11. The Morgan fingerprint density at radius 3 is 2.37 bits per heavy atom. The first kappa shape index (κ1) is 23.3. The summed E-state index contributed by atoms with van der Waals surface area (Å²) in [7, 11) is 1.61. The van der Waals surface area contributed by atoms with E-state index in [0.717, 1.165) is 23.3 Å². The molecule has 0 aromatic heterocycles.